The number of amides is 1. The van der Waals surface area contributed by atoms with Gasteiger partial charge < -0.3 is 24.9 Å². The van der Waals surface area contributed by atoms with Gasteiger partial charge in [0.2, 0.25) is 5.95 Å². The number of rotatable bonds is 8. The van der Waals surface area contributed by atoms with E-state index in [1.165, 1.54) is 24.8 Å². The molecule has 0 unspecified atom stereocenters. The van der Waals surface area contributed by atoms with E-state index >= 15 is 0 Å². The van der Waals surface area contributed by atoms with Gasteiger partial charge in [-0.05, 0) is 61.4 Å². The number of nitrogens with zero attached hydrogens (tertiary/aromatic N) is 4. The lowest BCUT2D eigenvalue weighted by molar-refractivity contribution is -0.0222. The van der Waals surface area contributed by atoms with E-state index in [0.29, 0.717) is 28.5 Å². The molecular formula is C30H40F2N6O2S. The second-order valence-electron chi connectivity index (χ2n) is 10.9. The summed E-state index contributed by atoms with van der Waals surface area (Å²) in [6.07, 6.45) is 6.30. The quantitative estimate of drug-likeness (QED) is 0.212. The van der Waals surface area contributed by atoms with E-state index < -0.39 is 5.92 Å². The van der Waals surface area contributed by atoms with Gasteiger partial charge >= 0.3 is 0 Å². The van der Waals surface area contributed by atoms with Crippen LogP contribution in [0.1, 0.15) is 62.7 Å². The average molecular weight is 587 g/mol. The van der Waals surface area contributed by atoms with Crippen LogP contribution in [0.25, 0.3) is 5.52 Å². The molecular weight excluding hydrogens is 546 g/mol. The van der Waals surface area contributed by atoms with Crippen molar-refractivity contribution in [2.75, 3.05) is 58.4 Å². The van der Waals surface area contributed by atoms with Gasteiger partial charge in [0, 0.05) is 62.7 Å². The zero-order valence-corrected chi connectivity index (χ0v) is 24.7. The predicted molar refractivity (Wildman–Crippen MR) is 164 cm³/mol. The Kier molecular flexibility index (Phi) is 8.94. The minimum atomic E-state index is -2.65. The molecule has 1 aromatic carbocycles. The molecule has 3 fully saturated rings. The highest BCUT2D eigenvalue weighted by Gasteiger charge is 2.44. The first-order valence-corrected chi connectivity index (χ1v) is 15.6. The largest absolute Gasteiger partial charge is 0.395 e. The third-order valence-corrected chi connectivity index (χ3v) is 9.03. The third kappa shape index (κ3) is 6.72. The first-order chi connectivity index (χ1) is 19.8. The van der Waals surface area contributed by atoms with Gasteiger partial charge in [0.05, 0.1) is 23.4 Å². The number of aromatic nitrogens is 2. The minimum Gasteiger partial charge on any atom is -0.395 e. The van der Waals surface area contributed by atoms with Crippen molar-refractivity contribution in [1.29, 1.82) is 0 Å². The minimum absolute atomic E-state index is 0.0834. The van der Waals surface area contributed by atoms with E-state index in [1.54, 1.807) is 6.07 Å². The lowest BCUT2D eigenvalue weighted by Crippen LogP contribution is -2.40. The van der Waals surface area contributed by atoms with Crippen molar-refractivity contribution in [3.8, 4) is 0 Å². The van der Waals surface area contributed by atoms with Gasteiger partial charge in [-0.25, -0.2) is 8.78 Å². The van der Waals surface area contributed by atoms with E-state index in [2.05, 4.69) is 14.9 Å². The summed E-state index contributed by atoms with van der Waals surface area (Å²) in [6, 6.07) is 11.3. The van der Waals surface area contributed by atoms with Crippen LogP contribution in [0, 0.1) is 5.41 Å². The van der Waals surface area contributed by atoms with Crippen LogP contribution in [0.5, 0.6) is 0 Å². The van der Waals surface area contributed by atoms with Gasteiger partial charge in [0.1, 0.15) is 5.82 Å². The van der Waals surface area contributed by atoms with Crippen molar-refractivity contribution in [2.24, 2.45) is 5.41 Å². The molecule has 3 aliphatic rings. The number of halogens is 2. The van der Waals surface area contributed by atoms with Gasteiger partial charge in [-0.2, -0.15) is 4.98 Å². The lowest BCUT2D eigenvalue weighted by Gasteiger charge is -2.35. The van der Waals surface area contributed by atoms with E-state index in [1.807, 2.05) is 59.7 Å². The standard InChI is InChI=1S/C28H34F2N6O2S.C2H6/c29-28(30)9-14-35(15-10-28)26-32-24(19-21-2-1-11-36(21)26)31-25(38)22-4-3-20(33-39-17-16-37)18-23(22)34-12-7-27(5-6-27)8-13-34;1-2/h1-4,11,18-19,33,37H,5-10,12-17H2,(H,31,38);1-2H3. The maximum atomic E-state index is 13.8. The highest BCUT2D eigenvalue weighted by Crippen LogP contribution is 2.54. The second kappa shape index (κ2) is 12.4. The molecule has 8 nitrogen and oxygen atoms in total. The topological polar surface area (TPSA) is 85.1 Å². The van der Waals surface area contributed by atoms with Crippen LogP contribution < -0.4 is 19.8 Å². The number of anilines is 4. The summed E-state index contributed by atoms with van der Waals surface area (Å²) in [6.45, 7) is 6.30. The number of hydrogen-bond acceptors (Lipinski definition) is 7. The number of benzene rings is 1. The summed E-state index contributed by atoms with van der Waals surface area (Å²) in [5.74, 6) is -1.41. The van der Waals surface area contributed by atoms with Crippen LogP contribution in [0.3, 0.4) is 0 Å². The summed E-state index contributed by atoms with van der Waals surface area (Å²) >= 11 is 1.42. The Morgan fingerprint density at radius 1 is 1.00 bits per heavy atom. The maximum Gasteiger partial charge on any atom is 0.258 e. The molecule has 6 rings (SSSR count). The van der Waals surface area contributed by atoms with Crippen molar-refractivity contribution < 1.29 is 18.7 Å². The van der Waals surface area contributed by atoms with Crippen LogP contribution in [-0.4, -0.2) is 64.9 Å². The molecule has 2 aliphatic heterocycles. The smallest absolute Gasteiger partial charge is 0.258 e. The lowest BCUT2D eigenvalue weighted by atomic mass is 9.93. The Labute approximate surface area is 244 Å². The molecule has 4 heterocycles. The molecule has 222 valence electrons. The van der Waals surface area contributed by atoms with Crippen LogP contribution in [0.15, 0.2) is 42.6 Å². The van der Waals surface area contributed by atoms with E-state index in [-0.39, 0.29) is 38.4 Å². The summed E-state index contributed by atoms with van der Waals surface area (Å²) in [7, 11) is 0. The summed E-state index contributed by atoms with van der Waals surface area (Å²) < 4.78 is 32.7. The number of hydrogen-bond donors (Lipinski definition) is 3. The van der Waals surface area contributed by atoms with Crippen LogP contribution >= 0.6 is 11.9 Å². The van der Waals surface area contributed by atoms with Crippen molar-refractivity contribution >= 4 is 46.5 Å². The summed E-state index contributed by atoms with van der Waals surface area (Å²) in [5.41, 5.74) is 3.66. The number of fused-ring (bicyclic) bond motifs is 1. The molecule has 0 atom stereocenters. The molecule has 41 heavy (non-hydrogen) atoms. The number of nitrogens with one attached hydrogen (secondary N) is 2. The normalized spacial score (nSPS) is 19.0. The van der Waals surface area contributed by atoms with Crippen LogP contribution in [0.4, 0.5) is 31.9 Å². The van der Waals surface area contributed by atoms with Crippen LogP contribution in [-0.2, 0) is 0 Å². The maximum absolute atomic E-state index is 13.8. The van der Waals surface area contributed by atoms with Gasteiger partial charge in [0.25, 0.3) is 11.8 Å². The average Bonchev–Trinajstić information content (AvgIpc) is 3.55. The summed E-state index contributed by atoms with van der Waals surface area (Å²) in [5, 5.41) is 12.1. The molecule has 1 saturated carbocycles. The zero-order valence-electron chi connectivity index (χ0n) is 23.8. The first kappa shape index (κ1) is 29.4. The van der Waals surface area contributed by atoms with Crippen molar-refractivity contribution in [1.82, 2.24) is 9.38 Å². The molecule has 2 saturated heterocycles. The second-order valence-corrected chi connectivity index (χ2v) is 11.8. The zero-order chi connectivity index (χ0) is 29.0. The molecule has 2 aromatic heterocycles. The fraction of sp³-hybridized carbons (Fsp3) is 0.533. The van der Waals surface area contributed by atoms with Gasteiger partial charge in [-0.15, -0.1) is 0 Å². The SMILES string of the molecule is CC.O=C(Nc1cc2cccn2c(N2CCC(F)(F)CC2)n1)c1ccc(NSCCO)cc1N1CCC2(CC1)CC2. The third-order valence-electron chi connectivity index (χ3n) is 8.27. The molecule has 1 aliphatic carbocycles. The Balaban J connectivity index is 0.00000165. The van der Waals surface area contributed by atoms with Crippen LogP contribution in [0.2, 0.25) is 0 Å². The molecule has 1 spiro atoms. The highest BCUT2D eigenvalue weighted by atomic mass is 32.2. The molecule has 3 N–H and O–H groups in total. The van der Waals surface area contributed by atoms with Crippen molar-refractivity contribution in [3.63, 3.8) is 0 Å². The highest BCUT2D eigenvalue weighted by molar-refractivity contribution is 8.00. The summed E-state index contributed by atoms with van der Waals surface area (Å²) in [4.78, 5) is 22.5. The number of alkyl halides is 2. The van der Waals surface area contributed by atoms with Gasteiger partial charge in [-0.3, -0.25) is 9.20 Å². The Hall–Kier alpha value is -3.05. The number of carbonyl (C=O) groups is 1. The van der Waals surface area contributed by atoms with Gasteiger partial charge in [-0.1, -0.05) is 25.8 Å². The molecule has 11 heteroatoms. The fourth-order valence-corrected chi connectivity index (χ4v) is 6.15. The fourth-order valence-electron chi connectivity index (χ4n) is 5.66. The van der Waals surface area contributed by atoms with Gasteiger partial charge in [0.15, 0.2) is 0 Å². The van der Waals surface area contributed by atoms with Crippen molar-refractivity contribution in [3.05, 3.63) is 48.2 Å². The van der Waals surface area contributed by atoms with E-state index in [9.17, 15) is 13.6 Å². The molecule has 0 radical (unpaired) electrons. The molecule has 1 amide bonds. The number of aliphatic hydroxyl groups excluding tert-OH is 1. The molecule has 3 aromatic rings. The monoisotopic (exact) mass is 586 g/mol. The van der Waals surface area contributed by atoms with Crippen molar-refractivity contribution in [2.45, 2.75) is 58.3 Å². The molecule has 0 bridgehead atoms. The first-order valence-electron chi connectivity index (χ1n) is 14.6. The number of piperidine rings is 2. The number of aliphatic hydroxyl groups is 1. The van der Waals surface area contributed by atoms with E-state index in [4.69, 9.17) is 10.1 Å². The Morgan fingerprint density at radius 2 is 1.71 bits per heavy atom. The Bertz CT molecular complexity index is 1340. The predicted octanol–water partition coefficient (Wildman–Crippen LogP) is 6.28. The Morgan fingerprint density at radius 3 is 2.39 bits per heavy atom. The van der Waals surface area contributed by atoms with E-state index in [0.717, 1.165) is 42.8 Å². The number of carbonyl (C=O) groups excluding carboxylic acids is 1.